The first-order valence-electron chi connectivity index (χ1n) is 12.4. The molecule has 1 aromatic carbocycles. The number of anilines is 1. The van der Waals surface area contributed by atoms with Gasteiger partial charge in [0.25, 0.3) is 5.91 Å². The van der Waals surface area contributed by atoms with Gasteiger partial charge in [0.15, 0.2) is 5.78 Å². The van der Waals surface area contributed by atoms with E-state index < -0.39 is 18.2 Å². The fourth-order valence-electron chi connectivity index (χ4n) is 5.19. The van der Waals surface area contributed by atoms with E-state index in [1.807, 2.05) is 45.0 Å². The molecule has 0 bridgehead atoms. The zero-order valence-corrected chi connectivity index (χ0v) is 27.5. The first kappa shape index (κ1) is 37.9. The Labute approximate surface area is 260 Å². The summed E-state index contributed by atoms with van der Waals surface area (Å²) in [7, 11) is 3.68. The van der Waals surface area contributed by atoms with E-state index in [1.54, 1.807) is 12.0 Å². The molecule has 2 amide bonds. The van der Waals surface area contributed by atoms with Crippen LogP contribution in [0.4, 0.5) is 5.69 Å². The van der Waals surface area contributed by atoms with Crippen molar-refractivity contribution in [3.63, 3.8) is 0 Å². The van der Waals surface area contributed by atoms with Crippen molar-refractivity contribution in [2.45, 2.75) is 51.5 Å². The molecule has 3 aliphatic heterocycles. The summed E-state index contributed by atoms with van der Waals surface area (Å²) in [5.74, 6) is -0.690. The van der Waals surface area contributed by atoms with Crippen molar-refractivity contribution in [2.75, 3.05) is 58.4 Å². The van der Waals surface area contributed by atoms with E-state index in [4.69, 9.17) is 9.47 Å². The van der Waals surface area contributed by atoms with E-state index in [0.29, 0.717) is 12.0 Å². The summed E-state index contributed by atoms with van der Waals surface area (Å²) in [6, 6.07) is 6.12. The van der Waals surface area contributed by atoms with Gasteiger partial charge in [-0.1, -0.05) is 20.8 Å². The van der Waals surface area contributed by atoms with E-state index in [9.17, 15) is 14.4 Å². The Morgan fingerprint density at radius 3 is 2.18 bits per heavy atom. The van der Waals surface area contributed by atoms with Crippen LogP contribution in [0.3, 0.4) is 0 Å². The van der Waals surface area contributed by atoms with E-state index in [2.05, 4.69) is 22.2 Å². The second-order valence-corrected chi connectivity index (χ2v) is 11.1. The Balaban J connectivity index is 0.00000361. The lowest BCUT2D eigenvalue weighted by Gasteiger charge is -2.34. The number of likely N-dealkylation sites (N-methyl/N-ethyl adjacent to an activating group) is 1. The van der Waals surface area contributed by atoms with Crippen LogP contribution in [0.15, 0.2) is 24.3 Å². The van der Waals surface area contributed by atoms with Crippen molar-refractivity contribution in [3.05, 3.63) is 29.8 Å². The molecule has 39 heavy (non-hydrogen) atoms. The molecule has 0 saturated carbocycles. The molecule has 0 aromatic heterocycles. The molecule has 1 aromatic rings. The maximum Gasteiger partial charge on any atom is 0.251 e. The van der Waals surface area contributed by atoms with Gasteiger partial charge in [0, 0.05) is 44.5 Å². The summed E-state index contributed by atoms with van der Waals surface area (Å²) in [5.41, 5.74) is 1.38. The van der Waals surface area contributed by atoms with E-state index in [1.165, 1.54) is 0 Å². The number of benzene rings is 1. The number of carbonyl (C=O) groups is 3. The Morgan fingerprint density at radius 1 is 1.05 bits per heavy atom. The zero-order chi connectivity index (χ0) is 25.3. The minimum absolute atomic E-state index is 0. The number of amides is 2. The summed E-state index contributed by atoms with van der Waals surface area (Å²) >= 11 is 0. The molecular weight excluding hydrogens is 577 g/mol. The molecule has 4 atom stereocenters. The van der Waals surface area contributed by atoms with Crippen molar-refractivity contribution >= 4 is 77.3 Å². The normalized spacial score (nSPS) is 23.4. The van der Waals surface area contributed by atoms with Gasteiger partial charge in [-0.15, -0.1) is 0 Å². The Morgan fingerprint density at radius 2 is 1.64 bits per heavy atom. The molecule has 1 N–H and O–H groups in total. The molecule has 0 spiro atoms. The number of hydrogen-bond donors (Lipinski definition) is 1. The highest BCUT2D eigenvalue weighted by molar-refractivity contribution is 7.59. The van der Waals surface area contributed by atoms with Crippen molar-refractivity contribution in [3.8, 4) is 0 Å². The third-order valence-electron chi connectivity index (χ3n) is 7.14. The molecule has 3 heterocycles. The molecule has 4 rings (SSSR count). The van der Waals surface area contributed by atoms with Crippen LogP contribution in [-0.2, 0) is 19.1 Å². The summed E-state index contributed by atoms with van der Waals surface area (Å²) in [4.78, 5) is 45.5. The van der Waals surface area contributed by atoms with Crippen LogP contribution in [0.2, 0.25) is 0 Å². The molecule has 13 heteroatoms. The Kier molecular flexibility index (Phi) is 15.3. The van der Waals surface area contributed by atoms with Gasteiger partial charge >= 0.3 is 0 Å². The van der Waals surface area contributed by atoms with Gasteiger partial charge < -0.3 is 29.5 Å². The average Bonchev–Trinajstić information content (AvgIpc) is 3.38. The topological polar surface area (TPSA) is 91.4 Å². The lowest BCUT2D eigenvalue weighted by molar-refractivity contribution is -0.138. The molecule has 0 radical (unpaired) electrons. The number of piperazine rings is 1. The van der Waals surface area contributed by atoms with Gasteiger partial charge in [-0.3, -0.25) is 14.4 Å². The minimum Gasteiger partial charge on any atom is -0.377 e. The van der Waals surface area contributed by atoms with Crippen molar-refractivity contribution in [1.82, 2.24) is 15.1 Å². The summed E-state index contributed by atoms with van der Waals surface area (Å²) in [6.45, 7) is 10.3. The maximum atomic E-state index is 13.7. The predicted molar refractivity (Wildman–Crippen MR) is 174 cm³/mol. The summed E-state index contributed by atoms with van der Waals surface area (Å²) < 4.78 is 11.1. The number of fused-ring (bicyclic) bond motifs is 1. The lowest BCUT2D eigenvalue weighted by Crippen LogP contribution is -2.53. The Hall–Kier alpha value is -1.09. The highest BCUT2D eigenvalue weighted by Gasteiger charge is 2.53. The van der Waals surface area contributed by atoms with Crippen LogP contribution in [0.1, 0.15) is 37.6 Å². The van der Waals surface area contributed by atoms with Crippen LogP contribution in [0, 0.1) is 5.41 Å². The van der Waals surface area contributed by atoms with Gasteiger partial charge in [-0.05, 0) is 43.1 Å². The van der Waals surface area contributed by atoms with E-state index in [-0.39, 0.29) is 96.3 Å². The number of rotatable bonds is 6. The highest BCUT2D eigenvalue weighted by atomic mass is 32.1. The van der Waals surface area contributed by atoms with Crippen LogP contribution >= 0.6 is 54.0 Å². The van der Waals surface area contributed by atoms with E-state index >= 15 is 0 Å². The molecule has 0 unspecified atom stereocenters. The second kappa shape index (κ2) is 15.8. The number of likely N-dealkylation sites (tertiary alicyclic amines) is 1. The highest BCUT2D eigenvalue weighted by Crippen LogP contribution is 2.31. The first-order valence-corrected chi connectivity index (χ1v) is 12.4. The van der Waals surface area contributed by atoms with Gasteiger partial charge in [-0.2, -0.15) is 54.0 Å². The van der Waals surface area contributed by atoms with E-state index in [0.717, 1.165) is 31.9 Å². The molecule has 3 fully saturated rings. The van der Waals surface area contributed by atoms with Gasteiger partial charge in [0.2, 0.25) is 5.91 Å². The standard InChI is InChI=1S/C26H38N4O5.4H2S/c1-26(2,3)14-19(25(33)30-15-21(34-5)23-22(30)20(31)16-35-23)27-24(32)17-6-8-18(9-7-17)29-12-10-28(4)11-13-29;;;;/h6-9,19,21-23H,10-16H2,1-5H3,(H,27,32);4*1H2/t19-,21-,22+,23+;;;;/m0..../s1. The number of carbonyl (C=O) groups excluding carboxylic acids is 3. The summed E-state index contributed by atoms with van der Waals surface area (Å²) in [5, 5.41) is 2.96. The van der Waals surface area contributed by atoms with Gasteiger partial charge in [0.05, 0.1) is 6.54 Å². The van der Waals surface area contributed by atoms with Gasteiger partial charge in [-0.25, -0.2) is 0 Å². The van der Waals surface area contributed by atoms with Crippen LogP contribution in [-0.4, -0.2) is 105 Å². The number of nitrogens with one attached hydrogen (secondary N) is 1. The molecule has 3 saturated heterocycles. The Bertz CT molecular complexity index is 955. The molecular formula is C26H46N4O5S4. The number of methoxy groups -OCH3 is 1. The SMILES string of the molecule is CO[C@H]1CN(C(=O)[C@H](CC(C)(C)C)NC(=O)c2ccc(N3CCN(C)CC3)cc2)[C@@H]2C(=O)CO[C@H]12.S.S.S.S. The molecule has 3 aliphatic rings. The van der Waals surface area contributed by atoms with Gasteiger partial charge in [0.1, 0.15) is 30.9 Å². The van der Waals surface area contributed by atoms with Crippen molar-refractivity contribution < 1.29 is 23.9 Å². The second-order valence-electron chi connectivity index (χ2n) is 11.1. The number of ketones is 1. The fraction of sp³-hybridized carbons (Fsp3) is 0.654. The first-order chi connectivity index (χ1) is 16.6. The average molecular weight is 623 g/mol. The monoisotopic (exact) mass is 622 g/mol. The number of ether oxygens (including phenoxy) is 2. The molecule has 9 nitrogen and oxygen atoms in total. The van der Waals surface area contributed by atoms with Crippen LogP contribution in [0.25, 0.3) is 0 Å². The zero-order valence-electron chi connectivity index (χ0n) is 23.5. The van der Waals surface area contributed by atoms with Crippen molar-refractivity contribution in [2.24, 2.45) is 5.41 Å². The number of hydrogen-bond acceptors (Lipinski definition) is 7. The number of Topliss-reactive ketones (excluding diaryl/α,β-unsaturated/α-hetero) is 1. The smallest absolute Gasteiger partial charge is 0.251 e. The predicted octanol–water partition coefficient (Wildman–Crippen LogP) is 1.62. The maximum absolute atomic E-state index is 13.7. The minimum atomic E-state index is -0.760. The quantitative estimate of drug-likeness (QED) is 0.516. The fourth-order valence-corrected chi connectivity index (χ4v) is 5.19. The largest absolute Gasteiger partial charge is 0.377 e. The third kappa shape index (κ3) is 8.95. The molecule has 224 valence electrons. The third-order valence-corrected chi connectivity index (χ3v) is 7.14. The van der Waals surface area contributed by atoms with Crippen LogP contribution in [0.5, 0.6) is 0 Å². The summed E-state index contributed by atoms with van der Waals surface area (Å²) in [6.07, 6.45) is -0.370. The molecule has 0 aliphatic carbocycles. The lowest BCUT2D eigenvalue weighted by atomic mass is 9.87. The number of nitrogens with zero attached hydrogens (tertiary/aromatic N) is 3. The van der Waals surface area contributed by atoms with Crippen LogP contribution < -0.4 is 10.2 Å². The van der Waals surface area contributed by atoms with Crippen molar-refractivity contribution in [1.29, 1.82) is 0 Å².